The van der Waals surface area contributed by atoms with Gasteiger partial charge in [0.15, 0.2) is 0 Å². The van der Waals surface area contributed by atoms with Gasteiger partial charge in [0, 0.05) is 19.3 Å². The fraction of sp³-hybridized carbons (Fsp3) is 0.400. The maximum absolute atomic E-state index is 13.2. The van der Waals surface area contributed by atoms with Crippen molar-refractivity contribution in [1.29, 1.82) is 0 Å². The summed E-state index contributed by atoms with van der Waals surface area (Å²) in [5.41, 5.74) is 1.39. The molecule has 11 heteroatoms. The number of halogens is 1. The van der Waals surface area contributed by atoms with E-state index >= 15 is 0 Å². The Labute approximate surface area is 185 Å². The molecule has 3 heterocycles. The molecule has 1 fully saturated rings. The molecule has 2 aromatic heterocycles. The second kappa shape index (κ2) is 8.89. The van der Waals surface area contributed by atoms with Crippen molar-refractivity contribution in [3.63, 3.8) is 0 Å². The molecule has 9 nitrogen and oxygen atoms in total. The van der Waals surface area contributed by atoms with Crippen molar-refractivity contribution in [2.75, 3.05) is 19.7 Å². The van der Waals surface area contributed by atoms with E-state index in [0.717, 1.165) is 12.1 Å². The largest absolute Gasteiger partial charge is 0.492 e. The first kappa shape index (κ1) is 21.7. The predicted octanol–water partition coefficient (Wildman–Crippen LogP) is 3.46. The Kier molecular flexibility index (Phi) is 6.22. The Morgan fingerprint density at radius 2 is 2.16 bits per heavy atom. The molecule has 0 bridgehead atoms. The van der Waals surface area contributed by atoms with Crippen LogP contribution in [-0.2, 0) is 10.0 Å². The molecule has 1 aromatic carbocycles. The van der Waals surface area contributed by atoms with Crippen molar-refractivity contribution in [3.05, 3.63) is 47.3 Å². The number of nitrogens with zero attached hydrogens (tertiary/aromatic N) is 5. The number of piperidine rings is 1. The van der Waals surface area contributed by atoms with E-state index in [1.807, 2.05) is 13.8 Å². The van der Waals surface area contributed by atoms with Crippen molar-refractivity contribution in [3.8, 4) is 17.2 Å². The van der Waals surface area contributed by atoms with Gasteiger partial charge >= 0.3 is 0 Å². The highest BCUT2D eigenvalue weighted by molar-refractivity contribution is 7.89. The monoisotopic (exact) mass is 463 g/mol. The summed E-state index contributed by atoms with van der Waals surface area (Å²) < 4.78 is 39.1. The summed E-state index contributed by atoms with van der Waals surface area (Å²) >= 11 is 6.20. The van der Waals surface area contributed by atoms with Gasteiger partial charge in [0.1, 0.15) is 12.1 Å². The van der Waals surface area contributed by atoms with Crippen molar-refractivity contribution in [2.45, 2.75) is 37.5 Å². The molecule has 31 heavy (non-hydrogen) atoms. The average molecular weight is 464 g/mol. The smallest absolute Gasteiger partial charge is 0.251 e. The first-order valence-electron chi connectivity index (χ1n) is 9.93. The number of rotatable bonds is 6. The molecule has 4 rings (SSSR count). The molecule has 3 aromatic rings. The summed E-state index contributed by atoms with van der Waals surface area (Å²) in [7, 11) is -3.73. The Hall–Kier alpha value is -2.56. The number of aromatic nitrogens is 4. The lowest BCUT2D eigenvalue weighted by molar-refractivity contribution is 0.286. The summed E-state index contributed by atoms with van der Waals surface area (Å²) in [5.74, 6) is 0.986. The molecule has 1 aliphatic rings. The number of hydrogen-bond acceptors (Lipinski definition) is 8. The van der Waals surface area contributed by atoms with Crippen molar-refractivity contribution in [2.24, 2.45) is 0 Å². The predicted molar refractivity (Wildman–Crippen MR) is 113 cm³/mol. The third-order valence-corrected chi connectivity index (χ3v) is 7.31. The first-order chi connectivity index (χ1) is 14.9. The third kappa shape index (κ3) is 4.41. The van der Waals surface area contributed by atoms with Crippen LogP contribution in [-0.4, -0.2) is 52.6 Å². The van der Waals surface area contributed by atoms with Gasteiger partial charge in [0.25, 0.3) is 5.89 Å². The second-order valence-corrected chi connectivity index (χ2v) is 9.54. The van der Waals surface area contributed by atoms with E-state index in [1.165, 1.54) is 22.8 Å². The Morgan fingerprint density at radius 1 is 1.32 bits per heavy atom. The molecule has 1 aliphatic heterocycles. The van der Waals surface area contributed by atoms with E-state index in [2.05, 4.69) is 20.2 Å². The number of aryl methyl sites for hydroxylation is 1. The molecule has 0 saturated carbocycles. The van der Waals surface area contributed by atoms with Crippen molar-refractivity contribution in [1.82, 2.24) is 24.5 Å². The number of benzene rings is 1. The molecule has 1 saturated heterocycles. The highest BCUT2D eigenvalue weighted by Crippen LogP contribution is 2.33. The van der Waals surface area contributed by atoms with Crippen LogP contribution in [0.25, 0.3) is 11.5 Å². The zero-order valence-electron chi connectivity index (χ0n) is 17.2. The van der Waals surface area contributed by atoms with Crippen LogP contribution in [0.15, 0.2) is 40.0 Å². The molecule has 0 amide bonds. The molecule has 0 spiro atoms. The summed E-state index contributed by atoms with van der Waals surface area (Å²) in [4.78, 5) is 8.26. The fourth-order valence-corrected chi connectivity index (χ4v) is 5.39. The van der Waals surface area contributed by atoms with Crippen LogP contribution in [0.2, 0.25) is 5.02 Å². The Morgan fingerprint density at radius 3 is 2.90 bits per heavy atom. The van der Waals surface area contributed by atoms with Crippen LogP contribution in [0.5, 0.6) is 5.75 Å². The molecule has 164 valence electrons. The van der Waals surface area contributed by atoms with Gasteiger partial charge in [-0.25, -0.2) is 18.4 Å². The fourth-order valence-electron chi connectivity index (χ4n) is 3.54. The van der Waals surface area contributed by atoms with E-state index in [1.54, 1.807) is 12.3 Å². The van der Waals surface area contributed by atoms with E-state index in [-0.39, 0.29) is 22.4 Å². The van der Waals surface area contributed by atoms with Crippen LogP contribution >= 0.6 is 11.6 Å². The Balaban J connectivity index is 1.55. The summed E-state index contributed by atoms with van der Waals surface area (Å²) in [6, 6.07) is 4.52. The maximum Gasteiger partial charge on any atom is 0.251 e. The molecular formula is C20H22ClN5O4S. The zero-order valence-corrected chi connectivity index (χ0v) is 18.7. The van der Waals surface area contributed by atoms with Gasteiger partial charge in [-0.2, -0.15) is 4.31 Å². The minimum absolute atomic E-state index is 0.130. The standard InChI is InChI=1S/C20H22ClN5O4S/c1-3-29-18-7-6-15(9-17(18)21)31(27,28)26-8-4-5-14(11-26)19-24-25-20(30-19)16-10-22-12-23-13(16)2/h6-7,9-10,12,14H,3-5,8,11H2,1-2H3/t14-/m1/s1. The van der Waals surface area contributed by atoms with Crippen molar-refractivity contribution < 1.29 is 17.6 Å². The van der Waals surface area contributed by atoms with Gasteiger partial charge in [-0.1, -0.05) is 11.6 Å². The zero-order chi connectivity index (χ0) is 22.0. The lowest BCUT2D eigenvalue weighted by atomic mass is 10.00. The van der Waals surface area contributed by atoms with Crippen LogP contribution in [0, 0.1) is 6.92 Å². The maximum atomic E-state index is 13.2. The van der Waals surface area contributed by atoms with Crippen LogP contribution in [0.4, 0.5) is 0 Å². The molecule has 0 aliphatic carbocycles. The van der Waals surface area contributed by atoms with Crippen LogP contribution < -0.4 is 4.74 Å². The number of sulfonamides is 1. The van der Waals surface area contributed by atoms with E-state index in [4.69, 9.17) is 20.8 Å². The number of ether oxygens (including phenoxy) is 1. The molecule has 0 N–H and O–H groups in total. The van der Waals surface area contributed by atoms with E-state index in [9.17, 15) is 8.42 Å². The normalized spacial score (nSPS) is 17.6. The van der Waals surface area contributed by atoms with Gasteiger partial charge in [-0.05, 0) is 44.9 Å². The molecular weight excluding hydrogens is 442 g/mol. The topological polar surface area (TPSA) is 111 Å². The van der Waals surface area contributed by atoms with Gasteiger partial charge in [0.2, 0.25) is 15.9 Å². The van der Waals surface area contributed by atoms with Crippen molar-refractivity contribution >= 4 is 21.6 Å². The van der Waals surface area contributed by atoms with E-state index in [0.29, 0.717) is 42.7 Å². The summed E-state index contributed by atoms with van der Waals surface area (Å²) in [5, 5.41) is 8.53. The third-order valence-electron chi connectivity index (χ3n) is 5.16. The quantitative estimate of drug-likeness (QED) is 0.546. The minimum atomic E-state index is -3.73. The molecule has 0 radical (unpaired) electrons. The van der Waals surface area contributed by atoms with Gasteiger partial charge in [0.05, 0.1) is 33.7 Å². The lowest BCUT2D eigenvalue weighted by Crippen LogP contribution is -2.39. The second-order valence-electron chi connectivity index (χ2n) is 7.19. The van der Waals surface area contributed by atoms with Crippen LogP contribution in [0.3, 0.4) is 0 Å². The van der Waals surface area contributed by atoms with Gasteiger partial charge < -0.3 is 9.15 Å². The summed E-state index contributed by atoms with van der Waals surface area (Å²) in [6.07, 6.45) is 4.50. The minimum Gasteiger partial charge on any atom is -0.492 e. The average Bonchev–Trinajstić information content (AvgIpc) is 3.26. The van der Waals surface area contributed by atoms with Gasteiger partial charge in [-0.15, -0.1) is 10.2 Å². The van der Waals surface area contributed by atoms with Crippen LogP contribution in [0.1, 0.15) is 37.3 Å². The van der Waals surface area contributed by atoms with E-state index < -0.39 is 10.0 Å². The first-order valence-corrected chi connectivity index (χ1v) is 11.7. The Bertz CT molecular complexity index is 1180. The lowest BCUT2D eigenvalue weighted by Gasteiger charge is -2.30. The number of hydrogen-bond donors (Lipinski definition) is 0. The molecule has 0 unspecified atom stereocenters. The summed E-state index contributed by atoms with van der Waals surface area (Å²) in [6.45, 7) is 4.78. The highest BCUT2D eigenvalue weighted by Gasteiger charge is 2.33. The van der Waals surface area contributed by atoms with Gasteiger partial charge in [-0.3, -0.25) is 0 Å². The molecule has 1 atom stereocenters. The highest BCUT2D eigenvalue weighted by atomic mass is 35.5. The SMILES string of the molecule is CCOc1ccc(S(=O)(=O)N2CCC[C@@H](c3nnc(-c4cncnc4C)o3)C2)cc1Cl.